The first-order chi connectivity index (χ1) is 8.63. The fraction of sp³-hybridized carbons (Fsp3) is 0.231. The zero-order valence-corrected chi connectivity index (χ0v) is 10.4. The third-order valence-corrected chi connectivity index (χ3v) is 2.84. The van der Waals surface area contributed by atoms with Crippen LogP contribution in [0.3, 0.4) is 0 Å². The number of carbonyl (C=O) groups is 1. The van der Waals surface area contributed by atoms with Crippen LogP contribution in [-0.4, -0.2) is 22.6 Å². The van der Waals surface area contributed by atoms with Gasteiger partial charge in [0.15, 0.2) is 0 Å². The number of anilines is 1. The minimum Gasteiger partial charge on any atom is -0.465 e. The van der Waals surface area contributed by atoms with Gasteiger partial charge in [0.2, 0.25) is 0 Å². The number of rotatable bonds is 3. The predicted octanol–water partition coefficient (Wildman–Crippen LogP) is 1.61. The maximum atomic E-state index is 11.7. The molecule has 0 aliphatic carbocycles. The average Bonchev–Trinajstić information content (AvgIpc) is 2.74. The number of nitrogens with zero attached hydrogens (tertiary/aromatic N) is 2. The van der Waals surface area contributed by atoms with Crippen LogP contribution in [0.25, 0.3) is 0 Å². The molecule has 94 valence electrons. The van der Waals surface area contributed by atoms with Crippen LogP contribution in [-0.2, 0) is 11.3 Å². The number of aryl methyl sites for hydroxylation is 1. The Morgan fingerprint density at radius 2 is 2.28 bits per heavy atom. The molecule has 0 radical (unpaired) electrons. The Morgan fingerprint density at radius 3 is 2.89 bits per heavy atom. The number of hydrogen-bond acceptors (Lipinski definition) is 4. The number of hydrogen-bond donors (Lipinski definition) is 1. The predicted molar refractivity (Wildman–Crippen MR) is 68.3 cm³/mol. The van der Waals surface area contributed by atoms with E-state index < -0.39 is 5.97 Å². The van der Waals surface area contributed by atoms with Crippen LogP contribution in [0.2, 0.25) is 0 Å². The van der Waals surface area contributed by atoms with Crippen LogP contribution in [0.5, 0.6) is 0 Å². The molecule has 2 aromatic rings. The van der Waals surface area contributed by atoms with E-state index in [-0.39, 0.29) is 0 Å². The largest absolute Gasteiger partial charge is 0.465 e. The Labute approximate surface area is 105 Å². The van der Waals surface area contributed by atoms with Crippen molar-refractivity contribution in [3.8, 4) is 0 Å². The molecule has 0 spiro atoms. The van der Waals surface area contributed by atoms with Crippen molar-refractivity contribution in [3.05, 3.63) is 47.5 Å². The van der Waals surface area contributed by atoms with Crippen molar-refractivity contribution in [1.29, 1.82) is 0 Å². The minimum absolute atomic E-state index is 0.416. The summed E-state index contributed by atoms with van der Waals surface area (Å²) in [5, 5.41) is 0. The third-order valence-electron chi connectivity index (χ3n) is 2.84. The van der Waals surface area contributed by atoms with E-state index >= 15 is 0 Å². The molecule has 1 aromatic carbocycles. The topological polar surface area (TPSA) is 70.1 Å². The number of imidazole rings is 1. The van der Waals surface area contributed by atoms with E-state index in [9.17, 15) is 4.79 Å². The van der Waals surface area contributed by atoms with Crippen molar-refractivity contribution in [2.45, 2.75) is 13.5 Å². The lowest BCUT2D eigenvalue weighted by Crippen LogP contribution is -2.12. The van der Waals surface area contributed by atoms with E-state index in [1.807, 2.05) is 29.8 Å². The SMILES string of the molecule is COC(=O)c1c(N)cccc1Cn1ccnc1C. The molecule has 1 aromatic heterocycles. The number of aromatic nitrogens is 2. The molecular weight excluding hydrogens is 230 g/mol. The lowest BCUT2D eigenvalue weighted by molar-refractivity contribution is 0.0600. The second-order valence-corrected chi connectivity index (χ2v) is 3.98. The molecule has 5 heteroatoms. The van der Waals surface area contributed by atoms with Crippen LogP contribution < -0.4 is 5.73 Å². The molecule has 0 aliphatic heterocycles. The number of nitrogen functional groups attached to an aromatic ring is 1. The monoisotopic (exact) mass is 245 g/mol. The Kier molecular flexibility index (Phi) is 3.32. The van der Waals surface area contributed by atoms with Gasteiger partial charge in [-0.25, -0.2) is 9.78 Å². The van der Waals surface area contributed by atoms with Crippen molar-refractivity contribution in [2.24, 2.45) is 0 Å². The molecule has 0 saturated carbocycles. The summed E-state index contributed by atoms with van der Waals surface area (Å²) in [5.41, 5.74) is 7.51. The van der Waals surface area contributed by atoms with Gasteiger partial charge in [-0.2, -0.15) is 0 Å². The second kappa shape index (κ2) is 4.91. The van der Waals surface area contributed by atoms with Crippen molar-refractivity contribution in [3.63, 3.8) is 0 Å². The standard InChI is InChI=1S/C13H15N3O2/c1-9-15-6-7-16(9)8-10-4-3-5-11(14)12(10)13(17)18-2/h3-7H,8,14H2,1-2H3. The normalized spacial score (nSPS) is 10.3. The molecule has 0 aliphatic rings. The number of benzene rings is 1. The van der Waals surface area contributed by atoms with Crippen LogP contribution >= 0.6 is 0 Å². The number of methoxy groups -OCH3 is 1. The number of nitrogens with two attached hydrogens (primary N) is 1. The number of ether oxygens (including phenoxy) is 1. The highest BCUT2D eigenvalue weighted by molar-refractivity contribution is 5.96. The van der Waals surface area contributed by atoms with Gasteiger partial charge >= 0.3 is 5.97 Å². The summed E-state index contributed by atoms with van der Waals surface area (Å²) in [6.45, 7) is 2.45. The Hall–Kier alpha value is -2.30. The van der Waals surface area contributed by atoms with Gasteiger partial charge in [0.05, 0.1) is 12.7 Å². The lowest BCUT2D eigenvalue weighted by atomic mass is 10.1. The van der Waals surface area contributed by atoms with E-state index in [1.54, 1.807) is 12.3 Å². The highest BCUT2D eigenvalue weighted by atomic mass is 16.5. The zero-order valence-electron chi connectivity index (χ0n) is 10.4. The average molecular weight is 245 g/mol. The highest BCUT2D eigenvalue weighted by Gasteiger charge is 2.15. The van der Waals surface area contributed by atoms with Crippen LogP contribution in [0.4, 0.5) is 5.69 Å². The van der Waals surface area contributed by atoms with Crippen molar-refractivity contribution < 1.29 is 9.53 Å². The fourth-order valence-corrected chi connectivity index (χ4v) is 1.86. The zero-order chi connectivity index (χ0) is 13.1. The molecule has 0 amide bonds. The first-order valence-corrected chi connectivity index (χ1v) is 5.57. The minimum atomic E-state index is -0.416. The van der Waals surface area contributed by atoms with E-state index in [2.05, 4.69) is 4.98 Å². The summed E-state index contributed by atoms with van der Waals surface area (Å²) in [4.78, 5) is 15.9. The summed E-state index contributed by atoms with van der Waals surface area (Å²) in [7, 11) is 1.35. The molecule has 2 rings (SSSR count). The smallest absolute Gasteiger partial charge is 0.340 e. The Balaban J connectivity index is 2.42. The van der Waals surface area contributed by atoms with Gasteiger partial charge in [-0.15, -0.1) is 0 Å². The van der Waals surface area contributed by atoms with Gasteiger partial charge in [0.25, 0.3) is 0 Å². The van der Waals surface area contributed by atoms with Crippen LogP contribution in [0.15, 0.2) is 30.6 Å². The highest BCUT2D eigenvalue weighted by Crippen LogP contribution is 2.19. The molecule has 2 N–H and O–H groups in total. The van der Waals surface area contributed by atoms with Crippen molar-refractivity contribution in [2.75, 3.05) is 12.8 Å². The summed E-state index contributed by atoms with van der Waals surface area (Å²) < 4.78 is 6.71. The second-order valence-electron chi connectivity index (χ2n) is 3.98. The molecule has 0 unspecified atom stereocenters. The van der Waals surface area contributed by atoms with Crippen molar-refractivity contribution in [1.82, 2.24) is 9.55 Å². The first kappa shape index (κ1) is 12.2. The maximum absolute atomic E-state index is 11.7. The van der Waals surface area contributed by atoms with Crippen molar-refractivity contribution >= 4 is 11.7 Å². The van der Waals surface area contributed by atoms with E-state index in [0.29, 0.717) is 17.8 Å². The summed E-state index contributed by atoms with van der Waals surface area (Å²) >= 11 is 0. The van der Waals surface area contributed by atoms with Crippen LogP contribution in [0.1, 0.15) is 21.7 Å². The number of esters is 1. The number of carbonyl (C=O) groups excluding carboxylic acids is 1. The lowest BCUT2D eigenvalue weighted by Gasteiger charge is -2.11. The summed E-state index contributed by atoms with van der Waals surface area (Å²) in [6, 6.07) is 5.38. The molecule has 0 saturated heterocycles. The van der Waals surface area contributed by atoms with Gasteiger partial charge in [-0.05, 0) is 18.6 Å². The third kappa shape index (κ3) is 2.20. The van der Waals surface area contributed by atoms with Gasteiger partial charge in [-0.3, -0.25) is 0 Å². The van der Waals surface area contributed by atoms with E-state index in [0.717, 1.165) is 11.4 Å². The molecule has 0 bridgehead atoms. The van der Waals surface area contributed by atoms with Crippen LogP contribution in [0, 0.1) is 6.92 Å². The first-order valence-electron chi connectivity index (χ1n) is 5.57. The van der Waals surface area contributed by atoms with Gasteiger partial charge in [0.1, 0.15) is 5.82 Å². The fourth-order valence-electron chi connectivity index (χ4n) is 1.86. The summed E-state index contributed by atoms with van der Waals surface area (Å²) in [6.07, 6.45) is 3.58. The summed E-state index contributed by atoms with van der Waals surface area (Å²) in [5.74, 6) is 0.467. The quantitative estimate of drug-likeness (QED) is 0.658. The molecule has 5 nitrogen and oxygen atoms in total. The molecule has 1 heterocycles. The van der Waals surface area contributed by atoms with Gasteiger partial charge < -0.3 is 15.0 Å². The molecular formula is C13H15N3O2. The van der Waals surface area contributed by atoms with E-state index in [4.69, 9.17) is 10.5 Å². The van der Waals surface area contributed by atoms with Gasteiger partial charge in [-0.1, -0.05) is 12.1 Å². The molecule has 0 fully saturated rings. The Bertz CT molecular complexity index is 575. The Morgan fingerprint density at radius 1 is 1.50 bits per heavy atom. The molecule has 0 atom stereocenters. The maximum Gasteiger partial charge on any atom is 0.340 e. The van der Waals surface area contributed by atoms with E-state index in [1.165, 1.54) is 7.11 Å². The molecule has 18 heavy (non-hydrogen) atoms. The van der Waals surface area contributed by atoms with Gasteiger partial charge in [0, 0.05) is 24.6 Å².